The zero-order chi connectivity index (χ0) is 7.28. The largest absolute Gasteiger partial charge is 0.151 e. The minimum absolute atomic E-state index is 0.780. The van der Waals surface area contributed by atoms with Crippen LogP contribution in [-0.4, -0.2) is 16.1 Å². The van der Waals surface area contributed by atoms with Gasteiger partial charge in [0.1, 0.15) is 0 Å². The lowest BCUT2D eigenvalue weighted by atomic mass is 10.6. The van der Waals surface area contributed by atoms with Gasteiger partial charge < -0.3 is 0 Å². The summed E-state index contributed by atoms with van der Waals surface area (Å²) in [5, 5.41) is 0.780. The van der Waals surface area contributed by atoms with Crippen LogP contribution in [0, 0.1) is 0 Å². The van der Waals surface area contributed by atoms with Gasteiger partial charge in [0, 0.05) is 9.83 Å². The first-order valence-electron chi connectivity index (χ1n) is 3.39. The molecule has 1 atom stereocenters. The molecule has 0 aromatic rings. The maximum absolute atomic E-state index is 2.25. The first-order chi connectivity index (χ1) is 4.20. The van der Waals surface area contributed by atoms with Crippen LogP contribution in [0.4, 0.5) is 0 Å². The molecule has 0 fully saturated rings. The number of rotatable bonds is 4. The van der Waals surface area contributed by atoms with Gasteiger partial charge in [0.2, 0.25) is 0 Å². The lowest BCUT2D eigenvalue weighted by Gasteiger charge is -2.13. The molecule has 0 aromatic carbocycles. The van der Waals surface area contributed by atoms with Crippen molar-refractivity contribution >= 4 is 23.5 Å². The van der Waals surface area contributed by atoms with E-state index in [2.05, 4.69) is 38.8 Å². The predicted octanol–water partition coefficient (Wildman–Crippen LogP) is 3.23. The summed E-state index contributed by atoms with van der Waals surface area (Å²) in [6, 6.07) is 0. The molecule has 2 heteroatoms. The second-order valence-corrected chi connectivity index (χ2v) is 5.38. The molecule has 0 radical (unpaired) electrons. The van der Waals surface area contributed by atoms with E-state index in [-0.39, 0.29) is 0 Å². The Morgan fingerprint density at radius 3 is 2.00 bits per heavy atom. The van der Waals surface area contributed by atoms with Crippen molar-refractivity contribution in [3.05, 3.63) is 0 Å². The summed E-state index contributed by atoms with van der Waals surface area (Å²) < 4.78 is 0.810. The van der Waals surface area contributed by atoms with E-state index in [0.717, 1.165) is 9.83 Å². The predicted molar refractivity (Wildman–Crippen MR) is 50.3 cm³/mol. The van der Waals surface area contributed by atoms with Crippen LogP contribution in [0.1, 0.15) is 27.2 Å². The molecule has 0 aliphatic heterocycles. The first kappa shape index (κ1) is 9.70. The Kier molecular flexibility index (Phi) is 5.91. The fourth-order valence-corrected chi connectivity index (χ4v) is 2.87. The number of hydrogen-bond donors (Lipinski definition) is 0. The molecule has 9 heavy (non-hydrogen) atoms. The third kappa shape index (κ3) is 5.16. The third-order valence-electron chi connectivity index (χ3n) is 1.02. The van der Waals surface area contributed by atoms with E-state index in [9.17, 15) is 0 Å². The molecule has 0 rings (SSSR count). The third-order valence-corrected chi connectivity index (χ3v) is 3.97. The lowest BCUT2D eigenvalue weighted by Crippen LogP contribution is -1.98. The Hall–Kier alpha value is 0.700. The molecule has 0 spiro atoms. The molecule has 0 saturated heterocycles. The minimum Gasteiger partial charge on any atom is -0.151 e. The topological polar surface area (TPSA) is 0 Å². The summed E-state index contributed by atoms with van der Waals surface area (Å²) in [4.78, 5) is 0. The fourth-order valence-electron chi connectivity index (χ4n) is 0.622. The molecule has 0 aliphatic carbocycles. The Morgan fingerprint density at radius 2 is 1.89 bits per heavy atom. The van der Waals surface area contributed by atoms with E-state index in [0.29, 0.717) is 0 Å². The molecule has 0 aliphatic rings. The van der Waals surface area contributed by atoms with Crippen molar-refractivity contribution < 1.29 is 0 Å². The molecular weight excluding hydrogens is 148 g/mol. The summed E-state index contributed by atoms with van der Waals surface area (Å²) >= 11 is 4.02. The van der Waals surface area contributed by atoms with Crippen molar-refractivity contribution in [2.24, 2.45) is 0 Å². The molecular formula is C7H16S2. The number of thioether (sulfide) groups is 2. The van der Waals surface area contributed by atoms with Gasteiger partial charge >= 0.3 is 0 Å². The van der Waals surface area contributed by atoms with Gasteiger partial charge in [-0.3, -0.25) is 0 Å². The van der Waals surface area contributed by atoms with Crippen LogP contribution in [0.3, 0.4) is 0 Å². The second kappa shape index (κ2) is 5.48. The normalized spacial score (nSPS) is 14.3. The van der Waals surface area contributed by atoms with Crippen molar-refractivity contribution in [1.82, 2.24) is 0 Å². The SMILES string of the molecule is CCC(SC)SC(C)C. The van der Waals surface area contributed by atoms with Gasteiger partial charge in [-0.2, -0.15) is 11.8 Å². The van der Waals surface area contributed by atoms with Crippen LogP contribution in [0.25, 0.3) is 0 Å². The van der Waals surface area contributed by atoms with Crippen molar-refractivity contribution in [3.63, 3.8) is 0 Å². The lowest BCUT2D eigenvalue weighted by molar-refractivity contribution is 1.03. The smallest absolute Gasteiger partial charge is 0.0499 e. The van der Waals surface area contributed by atoms with Crippen molar-refractivity contribution in [3.8, 4) is 0 Å². The molecule has 0 N–H and O–H groups in total. The van der Waals surface area contributed by atoms with Gasteiger partial charge in [-0.25, -0.2) is 0 Å². The molecule has 0 aromatic heterocycles. The summed E-state index contributed by atoms with van der Waals surface area (Å²) in [6.07, 6.45) is 3.47. The van der Waals surface area contributed by atoms with Gasteiger partial charge in [0.25, 0.3) is 0 Å². The Bertz CT molecular complexity index is 57.9. The highest BCUT2D eigenvalue weighted by Crippen LogP contribution is 2.27. The zero-order valence-corrected chi connectivity index (χ0v) is 8.31. The Labute approximate surface area is 67.2 Å². The van der Waals surface area contributed by atoms with Crippen molar-refractivity contribution in [1.29, 1.82) is 0 Å². The quantitative estimate of drug-likeness (QED) is 0.585. The van der Waals surface area contributed by atoms with E-state index in [1.807, 2.05) is 11.8 Å². The van der Waals surface area contributed by atoms with E-state index in [1.165, 1.54) is 6.42 Å². The standard InChI is InChI=1S/C7H16S2/c1-5-7(8-4)9-6(2)3/h6-7H,5H2,1-4H3. The summed E-state index contributed by atoms with van der Waals surface area (Å²) in [7, 11) is 0. The summed E-state index contributed by atoms with van der Waals surface area (Å²) in [5.74, 6) is 0. The Balaban J connectivity index is 3.31. The van der Waals surface area contributed by atoms with E-state index in [1.54, 1.807) is 0 Å². The molecule has 0 bridgehead atoms. The minimum atomic E-state index is 0.780. The van der Waals surface area contributed by atoms with Crippen LogP contribution >= 0.6 is 23.5 Å². The van der Waals surface area contributed by atoms with Gasteiger partial charge in [0.15, 0.2) is 0 Å². The average Bonchev–Trinajstić information content (AvgIpc) is 1.82. The van der Waals surface area contributed by atoms with E-state index in [4.69, 9.17) is 0 Å². The van der Waals surface area contributed by atoms with Crippen LogP contribution in [-0.2, 0) is 0 Å². The van der Waals surface area contributed by atoms with Gasteiger partial charge in [0.05, 0.1) is 0 Å². The molecule has 0 saturated carbocycles. The average molecular weight is 164 g/mol. The summed E-state index contributed by atoms with van der Waals surface area (Å²) in [6.45, 7) is 6.75. The molecule has 0 heterocycles. The van der Waals surface area contributed by atoms with E-state index < -0.39 is 0 Å². The zero-order valence-electron chi connectivity index (χ0n) is 6.68. The Morgan fingerprint density at radius 1 is 1.33 bits per heavy atom. The van der Waals surface area contributed by atoms with Crippen molar-refractivity contribution in [2.45, 2.75) is 37.0 Å². The van der Waals surface area contributed by atoms with Crippen LogP contribution in [0.15, 0.2) is 0 Å². The highest BCUT2D eigenvalue weighted by molar-refractivity contribution is 8.16. The highest BCUT2D eigenvalue weighted by Gasteiger charge is 2.05. The second-order valence-electron chi connectivity index (χ2n) is 2.26. The highest BCUT2D eigenvalue weighted by atomic mass is 32.2. The summed E-state index contributed by atoms with van der Waals surface area (Å²) in [5.41, 5.74) is 0. The van der Waals surface area contributed by atoms with Crippen molar-refractivity contribution in [2.75, 3.05) is 6.26 Å². The van der Waals surface area contributed by atoms with Gasteiger partial charge in [-0.15, -0.1) is 11.8 Å². The van der Waals surface area contributed by atoms with Gasteiger partial charge in [-0.05, 0) is 12.7 Å². The van der Waals surface area contributed by atoms with Crippen LogP contribution in [0.2, 0.25) is 0 Å². The molecule has 56 valence electrons. The molecule has 0 nitrogen and oxygen atoms in total. The van der Waals surface area contributed by atoms with Crippen LogP contribution in [0.5, 0.6) is 0 Å². The molecule has 0 amide bonds. The first-order valence-corrected chi connectivity index (χ1v) is 5.62. The fraction of sp³-hybridized carbons (Fsp3) is 1.00. The molecule has 1 unspecified atom stereocenters. The maximum Gasteiger partial charge on any atom is 0.0499 e. The van der Waals surface area contributed by atoms with Crippen LogP contribution < -0.4 is 0 Å². The monoisotopic (exact) mass is 164 g/mol. The number of hydrogen-bond acceptors (Lipinski definition) is 2. The van der Waals surface area contributed by atoms with Gasteiger partial charge in [-0.1, -0.05) is 20.8 Å². The maximum atomic E-state index is 2.25. The van der Waals surface area contributed by atoms with E-state index >= 15 is 0 Å².